The smallest absolute Gasteiger partial charge is 0.279 e. The molecule has 2 heterocycles. The van der Waals surface area contributed by atoms with Gasteiger partial charge in [-0.05, 0) is 30.3 Å². The van der Waals surface area contributed by atoms with Crippen molar-refractivity contribution in [2.45, 2.75) is 25.3 Å². The first-order valence-electron chi connectivity index (χ1n) is 10.4. The van der Waals surface area contributed by atoms with Crippen LogP contribution in [0.5, 0.6) is 23.0 Å². The quantitative estimate of drug-likeness (QED) is 0.760. The van der Waals surface area contributed by atoms with Crippen LogP contribution in [0, 0.1) is 0 Å². The Labute approximate surface area is 176 Å². The Morgan fingerprint density at radius 1 is 1.07 bits per heavy atom. The van der Waals surface area contributed by atoms with Crippen LogP contribution in [0.25, 0.3) is 0 Å². The molecule has 7 heteroatoms. The summed E-state index contributed by atoms with van der Waals surface area (Å²) in [5, 5.41) is 2.98. The van der Waals surface area contributed by atoms with Gasteiger partial charge in [-0.15, -0.1) is 0 Å². The van der Waals surface area contributed by atoms with Gasteiger partial charge in [-0.1, -0.05) is 0 Å². The number of methoxy groups -OCH3 is 2. The van der Waals surface area contributed by atoms with Gasteiger partial charge in [-0.2, -0.15) is 0 Å². The highest BCUT2D eigenvalue weighted by Gasteiger charge is 2.32. The average molecular weight is 413 g/mol. The lowest BCUT2D eigenvalue weighted by molar-refractivity contribution is -0.910. The molecule has 0 aliphatic carbocycles. The first-order valence-corrected chi connectivity index (χ1v) is 10.4. The molecule has 4 rings (SSSR count). The number of hydrogen-bond donors (Lipinski definition) is 2. The summed E-state index contributed by atoms with van der Waals surface area (Å²) in [6.07, 6.45) is 3.03. The molecule has 1 unspecified atom stereocenters. The molecule has 2 aliphatic rings. The average Bonchev–Trinajstić information content (AvgIpc) is 3.09. The Hall–Kier alpha value is -2.93. The van der Waals surface area contributed by atoms with Gasteiger partial charge < -0.3 is 29.2 Å². The van der Waals surface area contributed by atoms with Crippen molar-refractivity contribution in [3.05, 3.63) is 42.0 Å². The van der Waals surface area contributed by atoms with Gasteiger partial charge in [0.2, 0.25) is 0 Å². The third-order valence-corrected chi connectivity index (χ3v) is 5.73. The van der Waals surface area contributed by atoms with Gasteiger partial charge in [0, 0.05) is 30.9 Å². The fourth-order valence-corrected chi connectivity index (χ4v) is 4.22. The predicted octanol–water partition coefficient (Wildman–Crippen LogP) is 2.22. The van der Waals surface area contributed by atoms with Gasteiger partial charge in [0.15, 0.2) is 18.0 Å². The van der Waals surface area contributed by atoms with Crippen molar-refractivity contribution in [3.8, 4) is 23.0 Å². The molecule has 2 N–H and O–H groups in total. The lowest BCUT2D eigenvalue weighted by Crippen LogP contribution is -3.11. The number of quaternary nitrogens is 1. The number of carbonyl (C=O) groups is 1. The van der Waals surface area contributed by atoms with Crippen LogP contribution in [0.2, 0.25) is 0 Å². The van der Waals surface area contributed by atoms with Crippen LogP contribution >= 0.6 is 0 Å². The molecule has 30 heavy (non-hydrogen) atoms. The number of rotatable bonds is 6. The largest absolute Gasteiger partial charge is 0.497 e. The Bertz CT molecular complexity index is 901. The second kappa shape index (κ2) is 9.26. The summed E-state index contributed by atoms with van der Waals surface area (Å²) in [4.78, 5) is 14.0. The van der Waals surface area contributed by atoms with E-state index >= 15 is 0 Å². The van der Waals surface area contributed by atoms with E-state index in [0.717, 1.165) is 37.3 Å². The summed E-state index contributed by atoms with van der Waals surface area (Å²) in [7, 11) is 3.18. The van der Waals surface area contributed by atoms with E-state index in [1.807, 2.05) is 6.07 Å². The van der Waals surface area contributed by atoms with E-state index in [0.29, 0.717) is 36.9 Å². The molecule has 0 aromatic heterocycles. The number of amides is 1. The molecule has 2 atom stereocenters. The van der Waals surface area contributed by atoms with E-state index in [1.165, 1.54) is 10.5 Å². The third-order valence-electron chi connectivity index (χ3n) is 5.73. The lowest BCUT2D eigenvalue weighted by Gasteiger charge is -2.22. The molecule has 1 fully saturated rings. The standard InChI is InChI=1S/C23H28N2O5/c1-27-17-7-8-18(21(14-17)28-2)24-23(26)15-25-10-3-5-19(25)16-6-9-20-22(13-16)30-12-4-11-29-20/h6-9,13-14,19H,3-5,10-12,15H2,1-2H3,(H,24,26)/p+1/t19-/m0/s1. The Morgan fingerprint density at radius 3 is 2.70 bits per heavy atom. The number of anilines is 1. The number of hydrogen-bond acceptors (Lipinski definition) is 5. The maximum absolute atomic E-state index is 12.8. The van der Waals surface area contributed by atoms with Gasteiger partial charge in [0.25, 0.3) is 5.91 Å². The topological polar surface area (TPSA) is 70.5 Å². The van der Waals surface area contributed by atoms with E-state index < -0.39 is 0 Å². The van der Waals surface area contributed by atoms with E-state index in [2.05, 4.69) is 17.4 Å². The Balaban J connectivity index is 1.44. The molecular weight excluding hydrogens is 384 g/mol. The maximum Gasteiger partial charge on any atom is 0.279 e. The molecule has 2 aliphatic heterocycles. The monoisotopic (exact) mass is 413 g/mol. The molecule has 0 radical (unpaired) electrons. The second-order valence-corrected chi connectivity index (χ2v) is 7.65. The number of benzene rings is 2. The number of ether oxygens (including phenoxy) is 4. The van der Waals surface area contributed by atoms with Crippen molar-refractivity contribution >= 4 is 11.6 Å². The first-order chi connectivity index (χ1) is 14.7. The van der Waals surface area contributed by atoms with Gasteiger partial charge in [0.1, 0.15) is 17.5 Å². The highest BCUT2D eigenvalue weighted by Crippen LogP contribution is 2.33. The number of nitrogens with one attached hydrogen (secondary N) is 2. The van der Waals surface area contributed by atoms with Crippen molar-refractivity contribution in [2.75, 3.05) is 45.8 Å². The SMILES string of the molecule is COc1ccc(NC(=O)C[NH+]2CCC[C@H]2c2ccc3c(c2)OCCCO3)c(OC)c1. The molecule has 7 nitrogen and oxygen atoms in total. The lowest BCUT2D eigenvalue weighted by atomic mass is 10.0. The van der Waals surface area contributed by atoms with Crippen molar-refractivity contribution in [3.63, 3.8) is 0 Å². The summed E-state index contributed by atoms with van der Waals surface area (Å²) >= 11 is 0. The number of carbonyl (C=O) groups excluding carboxylic acids is 1. The Kier molecular flexibility index (Phi) is 6.28. The second-order valence-electron chi connectivity index (χ2n) is 7.65. The summed E-state index contributed by atoms with van der Waals surface area (Å²) in [5.41, 5.74) is 1.84. The fraction of sp³-hybridized carbons (Fsp3) is 0.435. The molecule has 1 saturated heterocycles. The molecule has 0 spiro atoms. The van der Waals surface area contributed by atoms with Gasteiger partial charge in [-0.3, -0.25) is 4.79 Å². The maximum atomic E-state index is 12.8. The third kappa shape index (κ3) is 4.46. The Morgan fingerprint density at radius 2 is 1.90 bits per heavy atom. The minimum atomic E-state index is -0.0327. The molecule has 2 aromatic carbocycles. The van der Waals surface area contributed by atoms with Gasteiger partial charge in [0.05, 0.1) is 39.7 Å². The minimum absolute atomic E-state index is 0.0327. The van der Waals surface area contributed by atoms with Crippen LogP contribution in [-0.2, 0) is 4.79 Å². The van der Waals surface area contributed by atoms with Crippen LogP contribution < -0.4 is 29.2 Å². The van der Waals surface area contributed by atoms with Crippen molar-refractivity contribution in [1.82, 2.24) is 0 Å². The molecule has 0 bridgehead atoms. The normalized spacial score (nSPS) is 20.3. The van der Waals surface area contributed by atoms with E-state index in [-0.39, 0.29) is 11.9 Å². The first kappa shape index (κ1) is 20.3. The summed E-state index contributed by atoms with van der Waals surface area (Å²) < 4.78 is 22.2. The summed E-state index contributed by atoms with van der Waals surface area (Å²) in [6, 6.07) is 11.8. The minimum Gasteiger partial charge on any atom is -0.497 e. The highest BCUT2D eigenvalue weighted by atomic mass is 16.5. The van der Waals surface area contributed by atoms with E-state index in [9.17, 15) is 4.79 Å². The van der Waals surface area contributed by atoms with E-state index in [1.54, 1.807) is 32.4 Å². The van der Waals surface area contributed by atoms with Gasteiger partial charge >= 0.3 is 0 Å². The highest BCUT2D eigenvalue weighted by molar-refractivity contribution is 5.93. The van der Waals surface area contributed by atoms with Crippen LogP contribution in [0.4, 0.5) is 5.69 Å². The van der Waals surface area contributed by atoms with Crippen molar-refractivity contribution in [2.24, 2.45) is 0 Å². The molecule has 2 aromatic rings. The van der Waals surface area contributed by atoms with Crippen LogP contribution in [0.3, 0.4) is 0 Å². The van der Waals surface area contributed by atoms with Crippen LogP contribution in [0.1, 0.15) is 30.9 Å². The summed E-state index contributed by atoms with van der Waals surface area (Å²) in [5.74, 6) is 2.85. The fourth-order valence-electron chi connectivity index (χ4n) is 4.22. The molecule has 160 valence electrons. The van der Waals surface area contributed by atoms with E-state index in [4.69, 9.17) is 18.9 Å². The van der Waals surface area contributed by atoms with Crippen molar-refractivity contribution < 1.29 is 28.6 Å². The zero-order chi connectivity index (χ0) is 20.9. The zero-order valence-corrected chi connectivity index (χ0v) is 17.5. The van der Waals surface area contributed by atoms with Gasteiger partial charge in [-0.25, -0.2) is 0 Å². The zero-order valence-electron chi connectivity index (χ0n) is 17.5. The van der Waals surface area contributed by atoms with Crippen molar-refractivity contribution in [1.29, 1.82) is 0 Å². The summed E-state index contributed by atoms with van der Waals surface area (Å²) in [6.45, 7) is 2.71. The molecular formula is C23H29N2O5+. The van der Waals surface area contributed by atoms with Crippen LogP contribution in [-0.4, -0.2) is 46.4 Å². The number of fused-ring (bicyclic) bond motifs is 1. The molecule has 1 amide bonds. The predicted molar refractivity (Wildman–Crippen MR) is 113 cm³/mol. The number of likely N-dealkylation sites (tertiary alicyclic amines) is 1. The molecule has 0 saturated carbocycles. The van der Waals surface area contributed by atoms with Crippen LogP contribution in [0.15, 0.2) is 36.4 Å².